The summed E-state index contributed by atoms with van der Waals surface area (Å²) in [6, 6.07) is 9.34. The zero-order valence-electron chi connectivity index (χ0n) is 14.2. The Morgan fingerprint density at radius 1 is 0.862 bits per heavy atom. The van der Waals surface area contributed by atoms with Crippen LogP contribution in [0.1, 0.15) is 0 Å². The zero-order chi connectivity index (χ0) is 21.3. The smallest absolute Gasteiger partial charge is 0.373 e. The van der Waals surface area contributed by atoms with Crippen molar-refractivity contribution in [1.29, 1.82) is 0 Å². The Morgan fingerprint density at radius 2 is 1.52 bits per heavy atom. The van der Waals surface area contributed by atoms with Crippen LogP contribution in [0, 0.1) is 20.2 Å². The van der Waals surface area contributed by atoms with E-state index in [9.17, 15) is 38.3 Å². The number of fused-ring (bicyclic) bond motifs is 1. The van der Waals surface area contributed by atoms with Crippen LogP contribution in [-0.2, 0) is 10.1 Å². The van der Waals surface area contributed by atoms with Crippen LogP contribution in [0.15, 0.2) is 63.7 Å². The molecule has 12 nitrogen and oxygen atoms in total. The molecule has 3 rings (SSSR count). The quantitative estimate of drug-likeness (QED) is 0.269. The van der Waals surface area contributed by atoms with E-state index in [1.807, 2.05) is 0 Å². The lowest BCUT2D eigenvalue weighted by Crippen LogP contribution is -1.99. The van der Waals surface area contributed by atoms with E-state index in [0.29, 0.717) is 0 Å². The first-order valence-corrected chi connectivity index (χ1v) is 9.11. The van der Waals surface area contributed by atoms with E-state index < -0.39 is 41.9 Å². The highest BCUT2D eigenvalue weighted by atomic mass is 32.2. The van der Waals surface area contributed by atoms with Crippen molar-refractivity contribution >= 4 is 43.6 Å². The molecule has 0 amide bonds. The maximum Gasteiger partial charge on any atom is 0.373 e. The molecule has 29 heavy (non-hydrogen) atoms. The number of rotatable bonds is 5. The number of nitrogens with zero attached hydrogens (tertiary/aromatic N) is 4. The highest BCUT2D eigenvalue weighted by Gasteiger charge is 2.28. The third-order valence-electron chi connectivity index (χ3n) is 3.87. The Bertz CT molecular complexity index is 1300. The molecule has 0 radical (unpaired) electrons. The van der Waals surface area contributed by atoms with Gasteiger partial charge >= 0.3 is 11.4 Å². The fraction of sp³-hybridized carbons (Fsp3) is 0. The van der Waals surface area contributed by atoms with Crippen molar-refractivity contribution in [2.75, 3.05) is 0 Å². The van der Waals surface area contributed by atoms with E-state index in [2.05, 4.69) is 10.2 Å². The largest absolute Gasteiger partial charge is 0.507 e. The lowest BCUT2D eigenvalue weighted by Gasteiger charge is -2.08. The molecule has 148 valence electrons. The Kier molecular flexibility index (Phi) is 4.92. The second-order valence-electron chi connectivity index (χ2n) is 5.62. The summed E-state index contributed by atoms with van der Waals surface area (Å²) >= 11 is 0. The van der Waals surface area contributed by atoms with Gasteiger partial charge in [0.05, 0.1) is 15.5 Å². The van der Waals surface area contributed by atoms with Crippen LogP contribution in [0.4, 0.5) is 22.7 Å². The number of nitro groups is 2. The third kappa shape index (κ3) is 3.71. The summed E-state index contributed by atoms with van der Waals surface area (Å²) in [4.78, 5) is 19.8. The molecule has 0 unspecified atom stereocenters. The van der Waals surface area contributed by atoms with Crippen molar-refractivity contribution < 1.29 is 27.9 Å². The van der Waals surface area contributed by atoms with E-state index in [1.54, 1.807) is 0 Å². The highest BCUT2D eigenvalue weighted by Crippen LogP contribution is 2.40. The second kappa shape index (κ2) is 7.21. The molecule has 0 aliphatic heterocycles. The normalized spacial score (nSPS) is 11.8. The molecule has 0 spiro atoms. The van der Waals surface area contributed by atoms with E-state index >= 15 is 0 Å². The van der Waals surface area contributed by atoms with Crippen molar-refractivity contribution in [1.82, 2.24) is 0 Å². The van der Waals surface area contributed by atoms with Gasteiger partial charge in [0, 0.05) is 16.8 Å². The Labute approximate surface area is 161 Å². The lowest BCUT2D eigenvalue weighted by molar-refractivity contribution is -0.421. The van der Waals surface area contributed by atoms with Gasteiger partial charge in [0.2, 0.25) is 0 Å². The highest BCUT2D eigenvalue weighted by molar-refractivity contribution is 7.86. The van der Waals surface area contributed by atoms with Crippen LogP contribution in [0.25, 0.3) is 10.8 Å². The van der Waals surface area contributed by atoms with Gasteiger partial charge in [-0.2, -0.15) is 8.42 Å². The van der Waals surface area contributed by atoms with Gasteiger partial charge in [-0.3, -0.25) is 24.8 Å². The summed E-state index contributed by atoms with van der Waals surface area (Å²) in [6.45, 7) is 0. The van der Waals surface area contributed by atoms with Gasteiger partial charge < -0.3 is 5.11 Å². The van der Waals surface area contributed by atoms with Gasteiger partial charge in [0.25, 0.3) is 10.1 Å². The van der Waals surface area contributed by atoms with E-state index in [1.165, 1.54) is 30.3 Å². The average Bonchev–Trinajstić information content (AvgIpc) is 2.66. The van der Waals surface area contributed by atoms with Crippen molar-refractivity contribution in [2.45, 2.75) is 4.90 Å². The standard InChI is InChI=1S/C16H10N4O8S/c21-13-8-7-10(15-9(13)3-1-6-14(15)29(26,27)28)17-18-11-4-2-5-12(19(22)23)16(11)20(24)25/h1-8,21H,(H,26,27,28). The second-order valence-corrected chi connectivity index (χ2v) is 7.01. The molecule has 0 fully saturated rings. The van der Waals surface area contributed by atoms with E-state index in [0.717, 1.165) is 18.2 Å². The third-order valence-corrected chi connectivity index (χ3v) is 4.77. The molecular weight excluding hydrogens is 408 g/mol. The summed E-state index contributed by atoms with van der Waals surface area (Å²) in [5.74, 6) is -0.300. The summed E-state index contributed by atoms with van der Waals surface area (Å²) < 4.78 is 32.8. The van der Waals surface area contributed by atoms with Gasteiger partial charge in [0.1, 0.15) is 10.6 Å². The predicted molar refractivity (Wildman–Crippen MR) is 99.4 cm³/mol. The molecule has 0 aliphatic carbocycles. The number of phenols is 1. The molecule has 0 saturated heterocycles. The molecule has 3 aromatic carbocycles. The number of para-hydroxylation sites is 1. The number of hydrogen-bond acceptors (Lipinski definition) is 9. The van der Waals surface area contributed by atoms with Gasteiger partial charge in [-0.05, 0) is 24.3 Å². The average molecular weight is 418 g/mol. The molecule has 0 saturated carbocycles. The van der Waals surface area contributed by atoms with Crippen LogP contribution >= 0.6 is 0 Å². The fourth-order valence-electron chi connectivity index (χ4n) is 2.68. The first-order chi connectivity index (χ1) is 13.6. The van der Waals surface area contributed by atoms with Crippen LogP contribution in [0.3, 0.4) is 0 Å². The summed E-state index contributed by atoms with van der Waals surface area (Å²) in [7, 11) is -4.70. The zero-order valence-corrected chi connectivity index (χ0v) is 15.0. The minimum Gasteiger partial charge on any atom is -0.507 e. The van der Waals surface area contributed by atoms with Crippen molar-refractivity contribution in [3.05, 3.63) is 68.8 Å². The first-order valence-electron chi connectivity index (χ1n) is 7.67. The number of azo groups is 1. The SMILES string of the molecule is O=[N+]([O-])c1cccc(N=Nc2ccc(O)c3cccc(S(=O)(=O)O)c23)c1[N+](=O)[O-]. The lowest BCUT2D eigenvalue weighted by atomic mass is 10.1. The summed E-state index contributed by atoms with van der Waals surface area (Å²) in [5.41, 5.74) is -2.26. The monoisotopic (exact) mass is 418 g/mol. The molecule has 13 heteroatoms. The van der Waals surface area contributed by atoms with Gasteiger partial charge in [0.15, 0.2) is 5.69 Å². The van der Waals surface area contributed by atoms with Gasteiger partial charge in [-0.1, -0.05) is 18.2 Å². The number of hydrogen-bond donors (Lipinski definition) is 2. The van der Waals surface area contributed by atoms with Crippen LogP contribution in [0.2, 0.25) is 0 Å². The van der Waals surface area contributed by atoms with Crippen molar-refractivity contribution in [3.63, 3.8) is 0 Å². The number of nitro benzene ring substituents is 2. The Hall–Kier alpha value is -3.97. The molecule has 0 aromatic heterocycles. The Balaban J connectivity index is 2.27. The fourth-order valence-corrected chi connectivity index (χ4v) is 3.40. The van der Waals surface area contributed by atoms with E-state index in [4.69, 9.17) is 0 Å². The molecule has 0 heterocycles. The number of benzene rings is 3. The summed E-state index contributed by atoms with van der Waals surface area (Å²) in [5, 5.41) is 39.6. The number of aromatic hydroxyl groups is 1. The van der Waals surface area contributed by atoms with E-state index in [-0.39, 0.29) is 22.2 Å². The molecule has 0 aliphatic rings. The van der Waals surface area contributed by atoms with Crippen molar-refractivity contribution in [2.24, 2.45) is 10.2 Å². The number of phenolic OH excluding ortho intramolecular Hbond substituents is 1. The summed E-state index contributed by atoms with van der Waals surface area (Å²) in [6.07, 6.45) is 0. The van der Waals surface area contributed by atoms with Crippen LogP contribution in [-0.4, -0.2) is 27.9 Å². The maximum atomic E-state index is 11.7. The minimum absolute atomic E-state index is 0.0325. The van der Waals surface area contributed by atoms with Gasteiger partial charge in [-0.25, -0.2) is 0 Å². The molecule has 0 atom stereocenters. The predicted octanol–water partition coefficient (Wildman–Crippen LogP) is 4.02. The molecule has 3 aromatic rings. The molecular formula is C16H10N4O8S. The van der Waals surface area contributed by atoms with Gasteiger partial charge in [-0.15, -0.1) is 10.2 Å². The van der Waals surface area contributed by atoms with Crippen LogP contribution < -0.4 is 0 Å². The molecule has 0 bridgehead atoms. The minimum atomic E-state index is -4.70. The van der Waals surface area contributed by atoms with Crippen molar-refractivity contribution in [3.8, 4) is 5.75 Å². The maximum absolute atomic E-state index is 11.7. The first kappa shape index (κ1) is 19.8. The van der Waals surface area contributed by atoms with Crippen LogP contribution in [0.5, 0.6) is 5.75 Å². The molecule has 2 N–H and O–H groups in total. The Morgan fingerprint density at radius 3 is 2.14 bits per heavy atom. The topological polar surface area (TPSA) is 186 Å².